The van der Waals surface area contributed by atoms with Gasteiger partial charge >= 0.3 is 0 Å². The zero-order chi connectivity index (χ0) is 23.4. The summed E-state index contributed by atoms with van der Waals surface area (Å²) in [6.45, 7) is 1.33. The molecule has 7 nitrogen and oxygen atoms in total. The van der Waals surface area contributed by atoms with Gasteiger partial charge in [-0.1, -0.05) is 24.3 Å². The molecule has 3 aromatic rings. The molecule has 1 saturated heterocycles. The monoisotopic (exact) mass is 448 g/mol. The lowest BCUT2D eigenvalue weighted by Gasteiger charge is -2.38. The topological polar surface area (TPSA) is 77.1 Å². The van der Waals surface area contributed by atoms with Crippen molar-refractivity contribution in [1.29, 1.82) is 0 Å². The standard InChI is InChI=1S/C26H28N2O5/c1-31-21-8-7-17-5-4-6-18(24(17)14-21)9-10-27-25(29)20-15-28(16-20)26(30)19-11-22(32-2)13-23(12-19)33-3/h4-8,11-14,20H,9-10,15-16H2,1-3H3,(H,27,29). The van der Waals surface area contributed by atoms with Gasteiger partial charge in [0.15, 0.2) is 0 Å². The first kappa shape index (κ1) is 22.5. The van der Waals surface area contributed by atoms with E-state index in [0.29, 0.717) is 36.7 Å². The minimum absolute atomic E-state index is 0.0277. The molecular formula is C26H28N2O5. The molecule has 0 saturated carbocycles. The molecule has 0 bridgehead atoms. The van der Waals surface area contributed by atoms with Gasteiger partial charge in [0.1, 0.15) is 17.2 Å². The van der Waals surface area contributed by atoms with Crippen molar-refractivity contribution in [2.75, 3.05) is 41.0 Å². The summed E-state index contributed by atoms with van der Waals surface area (Å²) in [5.74, 6) is 1.55. The van der Waals surface area contributed by atoms with Crippen LogP contribution < -0.4 is 19.5 Å². The number of nitrogens with one attached hydrogen (secondary N) is 1. The average Bonchev–Trinajstić information content (AvgIpc) is 2.82. The Labute approximate surface area is 193 Å². The third-order valence-electron chi connectivity index (χ3n) is 6.01. The van der Waals surface area contributed by atoms with E-state index in [1.54, 1.807) is 44.4 Å². The van der Waals surface area contributed by atoms with Gasteiger partial charge < -0.3 is 24.4 Å². The van der Waals surface area contributed by atoms with Crippen LogP contribution in [0.4, 0.5) is 0 Å². The predicted molar refractivity (Wildman–Crippen MR) is 126 cm³/mol. The Kier molecular flexibility index (Phi) is 6.68. The number of carbonyl (C=O) groups excluding carboxylic acids is 2. The normalized spacial score (nSPS) is 13.4. The van der Waals surface area contributed by atoms with Gasteiger partial charge in [-0.05, 0) is 47.0 Å². The number of benzene rings is 3. The second-order valence-electron chi connectivity index (χ2n) is 8.05. The molecular weight excluding hydrogens is 420 g/mol. The van der Waals surface area contributed by atoms with Crippen LogP contribution in [-0.2, 0) is 11.2 Å². The average molecular weight is 449 g/mol. The van der Waals surface area contributed by atoms with Crippen molar-refractivity contribution in [2.24, 2.45) is 5.92 Å². The van der Waals surface area contributed by atoms with Crippen molar-refractivity contribution in [3.63, 3.8) is 0 Å². The molecule has 1 fully saturated rings. The fourth-order valence-electron chi connectivity index (χ4n) is 4.05. The quantitative estimate of drug-likeness (QED) is 0.572. The molecule has 1 aliphatic heterocycles. The van der Waals surface area contributed by atoms with Crippen LogP contribution in [0.25, 0.3) is 10.8 Å². The summed E-state index contributed by atoms with van der Waals surface area (Å²) in [5.41, 5.74) is 1.64. The van der Waals surface area contributed by atoms with Crippen molar-refractivity contribution in [1.82, 2.24) is 10.2 Å². The summed E-state index contributed by atoms with van der Waals surface area (Å²) in [5, 5.41) is 5.28. The minimum Gasteiger partial charge on any atom is -0.497 e. The third-order valence-corrected chi connectivity index (χ3v) is 6.01. The van der Waals surface area contributed by atoms with E-state index in [1.807, 2.05) is 24.3 Å². The van der Waals surface area contributed by atoms with E-state index in [0.717, 1.165) is 28.5 Å². The lowest BCUT2D eigenvalue weighted by atomic mass is 9.97. The molecule has 172 valence electrons. The highest BCUT2D eigenvalue weighted by Gasteiger charge is 2.36. The summed E-state index contributed by atoms with van der Waals surface area (Å²) >= 11 is 0. The van der Waals surface area contributed by atoms with Gasteiger partial charge in [0.05, 0.1) is 27.2 Å². The number of likely N-dealkylation sites (tertiary alicyclic amines) is 1. The maximum atomic E-state index is 12.8. The van der Waals surface area contributed by atoms with E-state index in [-0.39, 0.29) is 17.7 Å². The molecule has 1 heterocycles. The molecule has 0 aliphatic carbocycles. The predicted octanol–water partition coefficient (Wildman–Crippen LogP) is 3.30. The van der Waals surface area contributed by atoms with Crippen molar-refractivity contribution < 1.29 is 23.8 Å². The van der Waals surface area contributed by atoms with E-state index in [1.165, 1.54) is 0 Å². The lowest BCUT2D eigenvalue weighted by Crippen LogP contribution is -2.55. The fourth-order valence-corrected chi connectivity index (χ4v) is 4.05. The van der Waals surface area contributed by atoms with Crippen LogP contribution in [0.15, 0.2) is 54.6 Å². The number of carbonyl (C=O) groups is 2. The minimum atomic E-state index is -0.200. The number of hydrogen-bond donors (Lipinski definition) is 1. The molecule has 3 aromatic carbocycles. The van der Waals surface area contributed by atoms with Gasteiger partial charge in [-0.2, -0.15) is 0 Å². The Balaban J connectivity index is 1.30. The largest absolute Gasteiger partial charge is 0.497 e. The van der Waals surface area contributed by atoms with Gasteiger partial charge in [-0.3, -0.25) is 9.59 Å². The van der Waals surface area contributed by atoms with E-state index >= 15 is 0 Å². The second kappa shape index (κ2) is 9.81. The third kappa shape index (κ3) is 4.87. The van der Waals surface area contributed by atoms with E-state index in [4.69, 9.17) is 14.2 Å². The van der Waals surface area contributed by atoms with Crippen LogP contribution in [0.5, 0.6) is 17.2 Å². The molecule has 1 N–H and O–H groups in total. The second-order valence-corrected chi connectivity index (χ2v) is 8.05. The number of methoxy groups -OCH3 is 3. The van der Waals surface area contributed by atoms with Crippen molar-refractivity contribution in [3.05, 3.63) is 65.7 Å². The summed E-state index contributed by atoms with van der Waals surface area (Å²) in [4.78, 5) is 27.0. The Morgan fingerprint density at radius 2 is 1.61 bits per heavy atom. The highest BCUT2D eigenvalue weighted by Crippen LogP contribution is 2.27. The number of rotatable bonds is 8. The van der Waals surface area contributed by atoms with E-state index in [2.05, 4.69) is 17.4 Å². The molecule has 2 amide bonds. The number of ether oxygens (including phenoxy) is 3. The van der Waals surface area contributed by atoms with Crippen LogP contribution in [0.1, 0.15) is 15.9 Å². The van der Waals surface area contributed by atoms with Crippen molar-refractivity contribution in [3.8, 4) is 17.2 Å². The SMILES string of the molecule is COc1cc(OC)cc(C(=O)N2CC(C(=O)NCCc3cccc4ccc(OC)cc34)C2)c1. The van der Waals surface area contributed by atoms with Crippen molar-refractivity contribution in [2.45, 2.75) is 6.42 Å². The van der Waals surface area contributed by atoms with Crippen LogP contribution in [0.2, 0.25) is 0 Å². The first-order chi connectivity index (χ1) is 16.0. The van der Waals surface area contributed by atoms with E-state index in [9.17, 15) is 9.59 Å². The maximum absolute atomic E-state index is 12.8. The van der Waals surface area contributed by atoms with Crippen LogP contribution in [0.3, 0.4) is 0 Å². The first-order valence-corrected chi connectivity index (χ1v) is 10.9. The Morgan fingerprint density at radius 1 is 0.909 bits per heavy atom. The smallest absolute Gasteiger partial charge is 0.254 e. The first-order valence-electron chi connectivity index (χ1n) is 10.9. The number of fused-ring (bicyclic) bond motifs is 1. The van der Waals surface area contributed by atoms with Crippen LogP contribution in [0, 0.1) is 5.92 Å². The van der Waals surface area contributed by atoms with Crippen LogP contribution in [-0.4, -0.2) is 57.7 Å². The van der Waals surface area contributed by atoms with Gasteiger partial charge in [-0.15, -0.1) is 0 Å². The summed E-state index contributed by atoms with van der Waals surface area (Å²) in [6, 6.07) is 17.2. The highest BCUT2D eigenvalue weighted by atomic mass is 16.5. The Hall–Kier alpha value is -3.74. The molecule has 7 heteroatoms. The Bertz CT molecular complexity index is 1150. The maximum Gasteiger partial charge on any atom is 0.254 e. The molecule has 1 aliphatic rings. The zero-order valence-corrected chi connectivity index (χ0v) is 19.1. The lowest BCUT2D eigenvalue weighted by molar-refractivity contribution is -0.128. The molecule has 0 spiro atoms. The van der Waals surface area contributed by atoms with Crippen molar-refractivity contribution >= 4 is 22.6 Å². The van der Waals surface area contributed by atoms with Gasteiger partial charge in [0.25, 0.3) is 5.91 Å². The summed E-state index contributed by atoms with van der Waals surface area (Å²) in [7, 11) is 4.74. The zero-order valence-electron chi connectivity index (χ0n) is 19.1. The molecule has 0 unspecified atom stereocenters. The number of hydrogen-bond acceptors (Lipinski definition) is 5. The molecule has 0 aromatic heterocycles. The molecule has 4 rings (SSSR count). The Morgan fingerprint density at radius 3 is 2.27 bits per heavy atom. The molecule has 0 atom stereocenters. The summed E-state index contributed by atoms with van der Waals surface area (Å²) < 4.78 is 15.8. The number of amides is 2. The van der Waals surface area contributed by atoms with Gasteiger partial charge in [0.2, 0.25) is 5.91 Å². The fraction of sp³-hybridized carbons (Fsp3) is 0.308. The molecule has 0 radical (unpaired) electrons. The summed E-state index contributed by atoms with van der Waals surface area (Å²) in [6.07, 6.45) is 0.717. The number of nitrogens with zero attached hydrogens (tertiary/aromatic N) is 1. The van der Waals surface area contributed by atoms with E-state index < -0.39 is 0 Å². The van der Waals surface area contributed by atoms with Gasteiger partial charge in [-0.25, -0.2) is 0 Å². The highest BCUT2D eigenvalue weighted by molar-refractivity contribution is 5.97. The van der Waals surface area contributed by atoms with Crippen LogP contribution >= 0.6 is 0 Å². The van der Waals surface area contributed by atoms with Gasteiger partial charge in [0, 0.05) is 31.3 Å². The molecule has 33 heavy (non-hydrogen) atoms.